The standard InChI is InChI=1S/C22H32FN3O5S/c1-15(2)18(17-8-9-19(23)20(12-17)31-13-16-6-7-16)14-32(29,30)11-5-3-4-10-26-22(28)24-21(27)25-26/h8-9,12,15-16,18H,3-7,10-11,13-14H2,1-2H3,(H2,24,25,27,28)/t18-/m1/s1. The largest absolute Gasteiger partial charge is 0.490 e. The molecule has 1 atom stereocenters. The molecule has 10 heteroatoms. The van der Waals surface area contributed by atoms with Crippen molar-refractivity contribution in [2.24, 2.45) is 11.8 Å². The maximum absolute atomic E-state index is 14.1. The van der Waals surface area contributed by atoms with Gasteiger partial charge in [-0.05, 0) is 55.2 Å². The van der Waals surface area contributed by atoms with Crippen LogP contribution in [0.5, 0.6) is 5.75 Å². The number of benzene rings is 1. The van der Waals surface area contributed by atoms with Gasteiger partial charge in [-0.1, -0.05) is 26.3 Å². The van der Waals surface area contributed by atoms with Crippen LogP contribution < -0.4 is 16.1 Å². The lowest BCUT2D eigenvalue weighted by atomic mass is 9.90. The van der Waals surface area contributed by atoms with E-state index in [1.165, 1.54) is 10.7 Å². The molecule has 1 aliphatic rings. The minimum atomic E-state index is -3.33. The lowest BCUT2D eigenvalue weighted by Crippen LogP contribution is -2.22. The van der Waals surface area contributed by atoms with Gasteiger partial charge in [0.2, 0.25) is 0 Å². The number of aryl methyl sites for hydroxylation is 1. The first-order valence-electron chi connectivity index (χ1n) is 11.2. The van der Waals surface area contributed by atoms with E-state index >= 15 is 0 Å². The summed E-state index contributed by atoms with van der Waals surface area (Å²) in [7, 11) is -3.33. The Hall–Kier alpha value is -2.36. The van der Waals surface area contributed by atoms with Crippen LogP contribution in [0, 0.1) is 17.7 Å². The summed E-state index contributed by atoms with van der Waals surface area (Å²) in [6, 6.07) is 4.65. The fraction of sp³-hybridized carbons (Fsp3) is 0.636. The van der Waals surface area contributed by atoms with Crippen molar-refractivity contribution in [3.63, 3.8) is 0 Å². The number of ether oxygens (including phenoxy) is 1. The fourth-order valence-corrected chi connectivity index (χ4v) is 5.61. The molecule has 0 bridgehead atoms. The van der Waals surface area contributed by atoms with Crippen molar-refractivity contribution in [1.29, 1.82) is 0 Å². The number of hydrogen-bond donors (Lipinski definition) is 2. The van der Waals surface area contributed by atoms with E-state index in [-0.39, 0.29) is 29.1 Å². The van der Waals surface area contributed by atoms with Gasteiger partial charge < -0.3 is 4.74 Å². The number of aromatic amines is 2. The van der Waals surface area contributed by atoms with Gasteiger partial charge in [-0.15, -0.1) is 0 Å². The Kier molecular flexibility index (Phi) is 7.97. The van der Waals surface area contributed by atoms with Crippen LogP contribution in [0.25, 0.3) is 0 Å². The summed E-state index contributed by atoms with van der Waals surface area (Å²) >= 11 is 0. The molecular weight excluding hydrogens is 437 g/mol. The van der Waals surface area contributed by atoms with E-state index < -0.39 is 27.0 Å². The highest BCUT2D eigenvalue weighted by Crippen LogP contribution is 2.33. The summed E-state index contributed by atoms with van der Waals surface area (Å²) in [6.07, 6.45) is 3.87. The number of sulfone groups is 1. The summed E-state index contributed by atoms with van der Waals surface area (Å²) in [5, 5.41) is 2.37. The van der Waals surface area contributed by atoms with E-state index in [0.29, 0.717) is 38.3 Å². The van der Waals surface area contributed by atoms with Crippen molar-refractivity contribution in [2.75, 3.05) is 18.1 Å². The zero-order chi connectivity index (χ0) is 23.3. The molecule has 1 heterocycles. The van der Waals surface area contributed by atoms with E-state index in [4.69, 9.17) is 4.74 Å². The first-order valence-corrected chi connectivity index (χ1v) is 13.0. The number of nitrogens with one attached hydrogen (secondary N) is 2. The zero-order valence-electron chi connectivity index (χ0n) is 18.6. The van der Waals surface area contributed by atoms with Crippen LogP contribution >= 0.6 is 0 Å². The van der Waals surface area contributed by atoms with Crippen LogP contribution in [-0.2, 0) is 16.4 Å². The van der Waals surface area contributed by atoms with E-state index in [0.717, 1.165) is 18.4 Å². The van der Waals surface area contributed by atoms with Crippen LogP contribution in [0.3, 0.4) is 0 Å². The van der Waals surface area contributed by atoms with Crippen LogP contribution in [0.1, 0.15) is 57.4 Å². The average Bonchev–Trinajstić information content (AvgIpc) is 3.49. The second kappa shape index (κ2) is 10.5. The van der Waals surface area contributed by atoms with Gasteiger partial charge in [0.1, 0.15) is 0 Å². The third-order valence-corrected chi connectivity index (χ3v) is 7.61. The highest BCUT2D eigenvalue weighted by Gasteiger charge is 2.26. The maximum Gasteiger partial charge on any atom is 0.344 e. The number of nitrogens with zero attached hydrogens (tertiary/aromatic N) is 1. The highest BCUT2D eigenvalue weighted by atomic mass is 32.2. The van der Waals surface area contributed by atoms with Gasteiger partial charge in [0.05, 0.1) is 18.1 Å². The summed E-state index contributed by atoms with van der Waals surface area (Å²) in [4.78, 5) is 24.6. The Bertz CT molecular complexity index is 1120. The molecule has 1 aliphatic carbocycles. The Morgan fingerprint density at radius 3 is 2.56 bits per heavy atom. The van der Waals surface area contributed by atoms with E-state index in [2.05, 4.69) is 10.1 Å². The summed E-state index contributed by atoms with van der Waals surface area (Å²) in [5.74, 6) is 0.0917. The highest BCUT2D eigenvalue weighted by molar-refractivity contribution is 7.91. The molecule has 0 saturated heterocycles. The summed E-state index contributed by atoms with van der Waals surface area (Å²) in [6.45, 7) is 4.74. The number of H-pyrrole nitrogens is 2. The third-order valence-electron chi connectivity index (χ3n) is 5.83. The summed E-state index contributed by atoms with van der Waals surface area (Å²) < 4.78 is 46.5. The molecule has 0 radical (unpaired) electrons. The number of aromatic nitrogens is 3. The molecule has 0 unspecified atom stereocenters. The van der Waals surface area contributed by atoms with Crippen molar-refractivity contribution in [3.05, 3.63) is 50.5 Å². The van der Waals surface area contributed by atoms with E-state index in [9.17, 15) is 22.4 Å². The van der Waals surface area contributed by atoms with Gasteiger partial charge in [0.25, 0.3) is 0 Å². The van der Waals surface area contributed by atoms with E-state index in [1.54, 1.807) is 12.1 Å². The van der Waals surface area contributed by atoms with Gasteiger partial charge >= 0.3 is 11.4 Å². The molecule has 1 saturated carbocycles. The van der Waals surface area contributed by atoms with Crippen molar-refractivity contribution >= 4 is 9.84 Å². The molecule has 1 aromatic carbocycles. The Morgan fingerprint density at radius 2 is 1.94 bits per heavy atom. The predicted molar refractivity (Wildman–Crippen MR) is 120 cm³/mol. The number of halogens is 1. The van der Waals surface area contributed by atoms with E-state index in [1.807, 2.05) is 13.8 Å². The molecule has 0 amide bonds. The molecule has 0 spiro atoms. The van der Waals surface area contributed by atoms with Crippen LogP contribution in [0.2, 0.25) is 0 Å². The van der Waals surface area contributed by atoms with Crippen molar-refractivity contribution in [1.82, 2.24) is 14.8 Å². The lowest BCUT2D eigenvalue weighted by Gasteiger charge is -2.22. The maximum atomic E-state index is 14.1. The number of unbranched alkanes of at least 4 members (excludes halogenated alkanes) is 2. The molecule has 2 aromatic rings. The second-order valence-electron chi connectivity index (χ2n) is 8.99. The Labute approximate surface area is 187 Å². The van der Waals surface area contributed by atoms with Gasteiger partial charge in [0, 0.05) is 12.5 Å². The number of rotatable bonds is 13. The first kappa shape index (κ1) is 24.3. The molecule has 3 rings (SSSR count). The molecule has 0 aliphatic heterocycles. The van der Waals surface area contributed by atoms with Crippen LogP contribution in [0.15, 0.2) is 27.8 Å². The van der Waals surface area contributed by atoms with Crippen molar-refractivity contribution in [2.45, 2.75) is 58.4 Å². The zero-order valence-corrected chi connectivity index (χ0v) is 19.4. The fourth-order valence-electron chi connectivity index (χ4n) is 3.68. The normalized spacial score (nSPS) is 15.2. The third kappa shape index (κ3) is 7.08. The van der Waals surface area contributed by atoms with Crippen molar-refractivity contribution in [3.8, 4) is 5.75 Å². The molecule has 32 heavy (non-hydrogen) atoms. The Morgan fingerprint density at radius 1 is 1.19 bits per heavy atom. The quantitative estimate of drug-likeness (QED) is 0.438. The molecule has 1 aromatic heterocycles. The minimum Gasteiger partial charge on any atom is -0.490 e. The minimum absolute atomic E-state index is 0.0110. The molecular formula is C22H32FN3O5S. The molecule has 8 nitrogen and oxygen atoms in total. The second-order valence-corrected chi connectivity index (χ2v) is 11.2. The molecule has 178 valence electrons. The van der Waals surface area contributed by atoms with Gasteiger partial charge in [-0.3, -0.25) is 4.98 Å². The van der Waals surface area contributed by atoms with Gasteiger partial charge in [-0.2, -0.15) is 0 Å². The monoisotopic (exact) mass is 469 g/mol. The van der Waals surface area contributed by atoms with Crippen molar-refractivity contribution < 1.29 is 17.5 Å². The number of hydrogen-bond acceptors (Lipinski definition) is 5. The molecule has 1 fully saturated rings. The first-order chi connectivity index (χ1) is 15.1. The Balaban J connectivity index is 1.54. The SMILES string of the molecule is CC(C)[C@@H](CS(=O)(=O)CCCCCn1[nH]c(=O)[nH]c1=O)c1ccc(F)c(OCC2CC2)c1. The molecule has 2 N–H and O–H groups in total. The smallest absolute Gasteiger partial charge is 0.344 e. The summed E-state index contributed by atoms with van der Waals surface area (Å²) in [5.41, 5.74) is -0.284. The topological polar surface area (TPSA) is 114 Å². The van der Waals surface area contributed by atoms with Crippen LogP contribution in [0.4, 0.5) is 4.39 Å². The lowest BCUT2D eigenvalue weighted by molar-refractivity contribution is 0.284. The predicted octanol–water partition coefficient (Wildman–Crippen LogP) is 2.82. The van der Waals surface area contributed by atoms with Gasteiger partial charge in [0.15, 0.2) is 21.4 Å². The van der Waals surface area contributed by atoms with Crippen LogP contribution in [-0.4, -0.2) is 41.3 Å². The van der Waals surface area contributed by atoms with Gasteiger partial charge in [-0.25, -0.2) is 32.2 Å². The average molecular weight is 470 g/mol.